The van der Waals surface area contributed by atoms with E-state index in [1.165, 1.54) is 32.1 Å². The van der Waals surface area contributed by atoms with Crippen LogP contribution in [0.5, 0.6) is 0 Å². The summed E-state index contributed by atoms with van der Waals surface area (Å²) >= 11 is 0. The summed E-state index contributed by atoms with van der Waals surface area (Å²) in [6.45, 7) is 2.23. The van der Waals surface area contributed by atoms with Crippen molar-refractivity contribution in [1.29, 1.82) is 0 Å². The molecule has 2 saturated carbocycles. The molecule has 0 saturated heterocycles. The van der Waals surface area contributed by atoms with Crippen LogP contribution in [0.4, 0.5) is 0 Å². The molecule has 5 heteroatoms. The molecule has 0 aromatic carbocycles. The fourth-order valence-corrected chi connectivity index (χ4v) is 2.90. The molecule has 1 heterocycles. The van der Waals surface area contributed by atoms with Gasteiger partial charge in [0.15, 0.2) is 0 Å². The second-order valence-corrected chi connectivity index (χ2v) is 6.15. The summed E-state index contributed by atoms with van der Waals surface area (Å²) in [4.78, 5) is 11.1. The Hall–Kier alpha value is -1.39. The minimum atomic E-state index is -0.319. The van der Waals surface area contributed by atoms with E-state index in [0.29, 0.717) is 6.04 Å². The Labute approximate surface area is 113 Å². The number of aromatic nitrogens is 3. The van der Waals surface area contributed by atoms with Crippen LogP contribution in [-0.4, -0.2) is 20.9 Å². The minimum absolute atomic E-state index is 0.222. The Kier molecular flexibility index (Phi) is 3.29. The molecular weight excluding hydrogens is 240 g/mol. The molecule has 19 heavy (non-hydrogen) atoms. The van der Waals surface area contributed by atoms with Gasteiger partial charge in [-0.2, -0.15) is 0 Å². The number of rotatable bonds is 6. The van der Waals surface area contributed by atoms with Crippen molar-refractivity contribution in [2.75, 3.05) is 0 Å². The number of hydrogen-bond donors (Lipinski definition) is 1. The molecule has 2 aliphatic rings. The van der Waals surface area contributed by atoms with E-state index in [4.69, 9.17) is 5.73 Å². The minimum Gasteiger partial charge on any atom is -0.369 e. The lowest BCUT2D eigenvalue weighted by atomic mass is 9.80. The van der Waals surface area contributed by atoms with Crippen molar-refractivity contribution in [2.24, 2.45) is 17.6 Å². The van der Waals surface area contributed by atoms with Gasteiger partial charge in [-0.1, -0.05) is 11.6 Å². The quantitative estimate of drug-likeness (QED) is 0.846. The third kappa shape index (κ3) is 2.65. The van der Waals surface area contributed by atoms with E-state index in [-0.39, 0.29) is 12.3 Å². The molecule has 1 amide bonds. The highest BCUT2D eigenvalue weighted by Crippen LogP contribution is 2.38. The SMILES string of the molecule is CC(C1CCC1)n1nnc(CC(N)=O)c1CC1CC1. The number of primary amides is 1. The fourth-order valence-electron chi connectivity index (χ4n) is 2.90. The van der Waals surface area contributed by atoms with E-state index in [1.54, 1.807) is 0 Å². The third-order valence-electron chi connectivity index (χ3n) is 4.61. The summed E-state index contributed by atoms with van der Waals surface area (Å²) in [7, 11) is 0. The predicted molar refractivity (Wildman–Crippen MR) is 71.4 cm³/mol. The Balaban J connectivity index is 1.84. The molecule has 5 nitrogen and oxygen atoms in total. The van der Waals surface area contributed by atoms with Gasteiger partial charge < -0.3 is 5.73 Å². The predicted octanol–water partition coefficient (Wildman–Crippen LogP) is 1.62. The molecule has 1 atom stereocenters. The van der Waals surface area contributed by atoms with Crippen LogP contribution in [0.15, 0.2) is 0 Å². The highest BCUT2D eigenvalue weighted by Gasteiger charge is 2.31. The Morgan fingerprint density at radius 3 is 2.68 bits per heavy atom. The Morgan fingerprint density at radius 2 is 2.16 bits per heavy atom. The molecule has 0 radical (unpaired) electrons. The molecular formula is C14H22N4O. The molecule has 2 aliphatic carbocycles. The standard InChI is InChI=1S/C14H22N4O/c1-9(11-3-2-4-11)18-13(7-10-5-6-10)12(16-17-18)8-14(15)19/h9-11H,2-8H2,1H3,(H2,15,19). The monoisotopic (exact) mass is 262 g/mol. The second kappa shape index (κ2) is 4.94. The number of amides is 1. The van der Waals surface area contributed by atoms with E-state index < -0.39 is 0 Å². The van der Waals surface area contributed by atoms with Crippen LogP contribution in [0, 0.1) is 11.8 Å². The van der Waals surface area contributed by atoms with E-state index in [2.05, 4.69) is 21.9 Å². The van der Waals surface area contributed by atoms with Gasteiger partial charge >= 0.3 is 0 Å². The molecule has 1 unspecified atom stereocenters. The first kappa shape index (κ1) is 12.6. The summed E-state index contributed by atoms with van der Waals surface area (Å²) in [6, 6.07) is 0.400. The molecule has 104 valence electrons. The van der Waals surface area contributed by atoms with Gasteiger partial charge in [-0.05, 0) is 50.9 Å². The van der Waals surface area contributed by atoms with Crippen LogP contribution in [-0.2, 0) is 17.6 Å². The van der Waals surface area contributed by atoms with Gasteiger partial charge in [0, 0.05) is 0 Å². The van der Waals surface area contributed by atoms with Crippen molar-refractivity contribution >= 4 is 5.91 Å². The number of nitrogens with two attached hydrogens (primary N) is 1. The average Bonchev–Trinajstić information content (AvgIpc) is 2.99. The van der Waals surface area contributed by atoms with Crippen LogP contribution >= 0.6 is 0 Å². The van der Waals surface area contributed by atoms with Gasteiger partial charge in [0.2, 0.25) is 5.91 Å². The summed E-state index contributed by atoms with van der Waals surface area (Å²) in [5, 5.41) is 8.52. The lowest BCUT2D eigenvalue weighted by Gasteiger charge is -2.32. The highest BCUT2D eigenvalue weighted by molar-refractivity contribution is 5.76. The maximum Gasteiger partial charge on any atom is 0.223 e. The first-order chi connectivity index (χ1) is 9.15. The molecule has 3 rings (SSSR count). The highest BCUT2D eigenvalue weighted by atomic mass is 16.1. The van der Waals surface area contributed by atoms with E-state index in [1.807, 2.05) is 0 Å². The Bertz CT molecular complexity index is 474. The number of carbonyl (C=O) groups is 1. The van der Waals surface area contributed by atoms with Gasteiger partial charge in [-0.3, -0.25) is 4.79 Å². The maximum atomic E-state index is 11.1. The number of carbonyl (C=O) groups excluding carboxylic acids is 1. The zero-order valence-electron chi connectivity index (χ0n) is 11.5. The number of hydrogen-bond acceptors (Lipinski definition) is 3. The van der Waals surface area contributed by atoms with Gasteiger partial charge in [-0.15, -0.1) is 5.10 Å². The molecule has 1 aromatic heterocycles. The third-order valence-corrected chi connectivity index (χ3v) is 4.61. The second-order valence-electron chi connectivity index (χ2n) is 6.15. The van der Waals surface area contributed by atoms with E-state index in [9.17, 15) is 4.79 Å². The molecule has 2 N–H and O–H groups in total. The van der Waals surface area contributed by atoms with Crippen LogP contribution < -0.4 is 5.73 Å². The zero-order chi connectivity index (χ0) is 13.4. The van der Waals surface area contributed by atoms with Crippen LogP contribution in [0.25, 0.3) is 0 Å². The topological polar surface area (TPSA) is 73.8 Å². The van der Waals surface area contributed by atoms with Crippen molar-refractivity contribution in [3.05, 3.63) is 11.4 Å². The van der Waals surface area contributed by atoms with Crippen LogP contribution in [0.3, 0.4) is 0 Å². The molecule has 0 aliphatic heterocycles. The summed E-state index contributed by atoms with van der Waals surface area (Å²) in [5.74, 6) is 1.17. The van der Waals surface area contributed by atoms with Crippen molar-refractivity contribution in [1.82, 2.24) is 15.0 Å². The number of nitrogens with zero attached hydrogens (tertiary/aromatic N) is 3. The van der Waals surface area contributed by atoms with Crippen molar-refractivity contribution in [3.8, 4) is 0 Å². The largest absolute Gasteiger partial charge is 0.369 e. The van der Waals surface area contributed by atoms with Crippen molar-refractivity contribution in [3.63, 3.8) is 0 Å². The molecule has 0 spiro atoms. The first-order valence-corrected chi connectivity index (χ1v) is 7.36. The lowest BCUT2D eigenvalue weighted by Crippen LogP contribution is -2.25. The fraction of sp³-hybridized carbons (Fsp3) is 0.786. The van der Waals surface area contributed by atoms with Crippen molar-refractivity contribution < 1.29 is 4.79 Å². The summed E-state index contributed by atoms with van der Waals surface area (Å²) < 4.78 is 2.07. The van der Waals surface area contributed by atoms with Gasteiger partial charge in [0.1, 0.15) is 0 Å². The molecule has 1 aromatic rings. The summed E-state index contributed by atoms with van der Waals surface area (Å²) in [5.41, 5.74) is 7.26. The molecule has 2 fully saturated rings. The summed E-state index contributed by atoms with van der Waals surface area (Å²) in [6.07, 6.45) is 7.71. The smallest absolute Gasteiger partial charge is 0.223 e. The van der Waals surface area contributed by atoms with Gasteiger partial charge in [-0.25, -0.2) is 4.68 Å². The zero-order valence-corrected chi connectivity index (χ0v) is 11.5. The van der Waals surface area contributed by atoms with Crippen LogP contribution in [0.2, 0.25) is 0 Å². The maximum absolute atomic E-state index is 11.1. The van der Waals surface area contributed by atoms with Gasteiger partial charge in [0.05, 0.1) is 23.9 Å². The Morgan fingerprint density at radius 1 is 1.42 bits per heavy atom. The van der Waals surface area contributed by atoms with Gasteiger partial charge in [0.25, 0.3) is 0 Å². The lowest BCUT2D eigenvalue weighted by molar-refractivity contribution is -0.117. The normalized spacial score (nSPS) is 21.1. The first-order valence-electron chi connectivity index (χ1n) is 7.36. The van der Waals surface area contributed by atoms with Crippen molar-refractivity contribution in [2.45, 2.75) is 57.9 Å². The van der Waals surface area contributed by atoms with E-state index in [0.717, 1.165) is 29.6 Å². The molecule has 0 bridgehead atoms. The van der Waals surface area contributed by atoms with E-state index >= 15 is 0 Å². The van der Waals surface area contributed by atoms with Crippen LogP contribution in [0.1, 0.15) is 56.5 Å². The average molecular weight is 262 g/mol.